The maximum absolute atomic E-state index is 12.7. The molecule has 0 amide bonds. The van der Waals surface area contributed by atoms with Crippen LogP contribution in [0.3, 0.4) is 0 Å². The van der Waals surface area contributed by atoms with Crippen LogP contribution in [0.25, 0.3) is 0 Å². The average molecular weight is 315 g/mol. The van der Waals surface area contributed by atoms with Gasteiger partial charge in [-0.05, 0) is 24.3 Å². The van der Waals surface area contributed by atoms with Crippen LogP contribution in [-0.4, -0.2) is 27.2 Å². The Bertz CT molecular complexity index is 745. The minimum atomic E-state index is -4.76. The van der Waals surface area contributed by atoms with E-state index in [1.807, 2.05) is 0 Å². The van der Waals surface area contributed by atoms with Crippen LogP contribution in [0.1, 0.15) is 16.2 Å². The molecule has 0 aliphatic carbocycles. The first-order valence-electron chi connectivity index (χ1n) is 6.12. The van der Waals surface area contributed by atoms with E-state index in [1.165, 1.54) is 31.4 Å². The zero-order valence-electron chi connectivity index (χ0n) is 11.7. The Kier molecular flexibility index (Phi) is 4.07. The largest absolute Gasteiger partial charge is 0.497 e. The minimum Gasteiger partial charge on any atom is -0.497 e. The van der Waals surface area contributed by atoms with Crippen LogP contribution in [0, 0.1) is 0 Å². The first-order chi connectivity index (χ1) is 10.2. The number of hydrogen-bond donors (Lipinski definition) is 0. The Morgan fingerprint density at radius 3 is 2.32 bits per heavy atom. The van der Waals surface area contributed by atoms with Gasteiger partial charge in [-0.2, -0.15) is 13.2 Å². The fourth-order valence-corrected chi connectivity index (χ4v) is 1.84. The van der Waals surface area contributed by atoms with Crippen molar-refractivity contribution in [3.8, 4) is 5.75 Å². The van der Waals surface area contributed by atoms with Gasteiger partial charge in [-0.3, -0.25) is 9.36 Å². The van der Waals surface area contributed by atoms with Crippen LogP contribution in [-0.2, 0) is 19.8 Å². The molecule has 0 bridgehead atoms. The van der Waals surface area contributed by atoms with Crippen molar-refractivity contribution >= 4 is 5.78 Å². The smallest absolute Gasteiger partial charge is 0.451 e. The van der Waals surface area contributed by atoms with E-state index < -0.39 is 30.0 Å². The van der Waals surface area contributed by atoms with E-state index in [9.17, 15) is 22.8 Å². The van der Waals surface area contributed by atoms with E-state index in [1.54, 1.807) is 0 Å². The lowest BCUT2D eigenvalue weighted by molar-refractivity contribution is -0.147. The number of methoxy groups -OCH3 is 1. The Hall–Kier alpha value is -2.58. The van der Waals surface area contributed by atoms with Crippen molar-refractivity contribution < 1.29 is 22.7 Å². The Morgan fingerprint density at radius 1 is 1.27 bits per heavy atom. The number of halogens is 3. The summed E-state index contributed by atoms with van der Waals surface area (Å²) in [7, 11) is 2.41. The van der Waals surface area contributed by atoms with Crippen molar-refractivity contribution in [3.05, 3.63) is 46.1 Å². The molecule has 0 saturated heterocycles. The fraction of sp³-hybridized carbons (Fsp3) is 0.308. The van der Waals surface area contributed by atoms with Crippen molar-refractivity contribution in [2.24, 2.45) is 7.05 Å². The van der Waals surface area contributed by atoms with Crippen LogP contribution in [0.15, 0.2) is 29.1 Å². The number of carbonyl (C=O) groups is 1. The van der Waals surface area contributed by atoms with Crippen molar-refractivity contribution in [1.82, 2.24) is 14.3 Å². The number of carbonyl (C=O) groups excluding carboxylic acids is 1. The number of Topliss-reactive ketones (excluding diaryl/α,β-unsaturated/α-hetero) is 1. The highest BCUT2D eigenvalue weighted by molar-refractivity contribution is 5.95. The summed E-state index contributed by atoms with van der Waals surface area (Å²) in [5, 5.41) is 3.18. The molecule has 1 heterocycles. The van der Waals surface area contributed by atoms with E-state index in [0.29, 0.717) is 15.0 Å². The standard InChI is InChI=1S/C13H12F3N3O3/c1-18-11(13(14,15)16)17-19(12(18)21)7-10(20)8-3-5-9(22-2)6-4-8/h3-6H,7H2,1-2H3. The molecule has 0 radical (unpaired) electrons. The Morgan fingerprint density at radius 2 is 1.86 bits per heavy atom. The van der Waals surface area contributed by atoms with Crippen LogP contribution >= 0.6 is 0 Å². The number of aromatic nitrogens is 3. The van der Waals surface area contributed by atoms with E-state index in [0.717, 1.165) is 7.05 Å². The summed E-state index contributed by atoms with van der Waals surface area (Å²) in [6.07, 6.45) is -4.76. The normalized spacial score (nSPS) is 11.5. The minimum absolute atomic E-state index is 0.243. The summed E-state index contributed by atoms with van der Waals surface area (Å²) >= 11 is 0. The molecule has 2 rings (SSSR count). The number of ketones is 1. The second-order valence-corrected chi connectivity index (χ2v) is 4.47. The zero-order chi connectivity index (χ0) is 16.5. The number of alkyl halides is 3. The zero-order valence-corrected chi connectivity index (χ0v) is 11.7. The maximum atomic E-state index is 12.7. The lowest BCUT2D eigenvalue weighted by atomic mass is 10.1. The molecule has 0 spiro atoms. The molecule has 0 N–H and O–H groups in total. The molecule has 1 aromatic heterocycles. The van der Waals surface area contributed by atoms with E-state index in [2.05, 4.69) is 5.10 Å². The number of rotatable bonds is 4. The number of ether oxygens (including phenoxy) is 1. The molecule has 22 heavy (non-hydrogen) atoms. The molecule has 6 nitrogen and oxygen atoms in total. The van der Waals surface area contributed by atoms with Gasteiger partial charge in [0.05, 0.1) is 7.11 Å². The molecular weight excluding hydrogens is 303 g/mol. The van der Waals surface area contributed by atoms with Gasteiger partial charge in [0.15, 0.2) is 5.78 Å². The van der Waals surface area contributed by atoms with Gasteiger partial charge in [-0.25, -0.2) is 9.48 Å². The lowest BCUT2D eigenvalue weighted by Crippen LogP contribution is -2.27. The number of hydrogen-bond acceptors (Lipinski definition) is 4. The predicted octanol–water partition coefficient (Wildman–Crippen LogP) is 1.49. The van der Waals surface area contributed by atoms with Crippen LogP contribution < -0.4 is 10.4 Å². The van der Waals surface area contributed by atoms with Crippen LogP contribution in [0.4, 0.5) is 13.2 Å². The SMILES string of the molecule is COc1ccc(C(=O)Cn2nc(C(F)(F)F)n(C)c2=O)cc1. The van der Waals surface area contributed by atoms with Gasteiger partial charge in [0.1, 0.15) is 12.3 Å². The molecule has 0 aliphatic rings. The molecule has 1 aromatic carbocycles. The summed E-state index contributed by atoms with van der Waals surface area (Å²) in [5.74, 6) is -1.34. The third kappa shape index (κ3) is 3.02. The van der Waals surface area contributed by atoms with E-state index >= 15 is 0 Å². The maximum Gasteiger partial charge on any atom is 0.451 e. The third-order valence-electron chi connectivity index (χ3n) is 3.00. The molecular formula is C13H12F3N3O3. The van der Waals surface area contributed by atoms with Gasteiger partial charge in [0.25, 0.3) is 0 Å². The second kappa shape index (κ2) is 5.66. The van der Waals surface area contributed by atoms with Gasteiger partial charge in [0.2, 0.25) is 5.82 Å². The molecule has 9 heteroatoms. The molecule has 0 fully saturated rings. The number of nitrogens with zero attached hydrogens (tertiary/aromatic N) is 3. The third-order valence-corrected chi connectivity index (χ3v) is 3.00. The van der Waals surface area contributed by atoms with Gasteiger partial charge in [-0.1, -0.05) is 0 Å². The highest BCUT2D eigenvalue weighted by Gasteiger charge is 2.38. The lowest BCUT2D eigenvalue weighted by Gasteiger charge is -2.03. The first-order valence-corrected chi connectivity index (χ1v) is 6.12. The molecule has 2 aromatic rings. The van der Waals surface area contributed by atoms with Gasteiger partial charge < -0.3 is 4.74 Å². The van der Waals surface area contributed by atoms with Crippen LogP contribution in [0.2, 0.25) is 0 Å². The van der Waals surface area contributed by atoms with Crippen molar-refractivity contribution in [2.45, 2.75) is 12.7 Å². The Labute approximate surface area is 122 Å². The summed E-state index contributed by atoms with van der Waals surface area (Å²) in [4.78, 5) is 23.7. The average Bonchev–Trinajstić information content (AvgIpc) is 2.75. The second-order valence-electron chi connectivity index (χ2n) is 4.47. The van der Waals surface area contributed by atoms with Gasteiger partial charge >= 0.3 is 11.9 Å². The number of benzene rings is 1. The van der Waals surface area contributed by atoms with Gasteiger partial charge in [-0.15, -0.1) is 5.10 Å². The van der Waals surface area contributed by atoms with Crippen molar-refractivity contribution in [3.63, 3.8) is 0 Å². The summed E-state index contributed by atoms with van der Waals surface area (Å²) < 4.78 is 43.7. The quantitative estimate of drug-likeness (QED) is 0.802. The Balaban J connectivity index is 2.27. The molecule has 0 unspecified atom stereocenters. The van der Waals surface area contributed by atoms with Crippen LogP contribution in [0.5, 0.6) is 5.75 Å². The fourth-order valence-electron chi connectivity index (χ4n) is 1.84. The van der Waals surface area contributed by atoms with E-state index in [4.69, 9.17) is 4.74 Å². The molecule has 0 atom stereocenters. The first kappa shape index (κ1) is 15.8. The van der Waals surface area contributed by atoms with E-state index in [-0.39, 0.29) is 5.56 Å². The van der Waals surface area contributed by atoms with Crippen molar-refractivity contribution in [1.29, 1.82) is 0 Å². The summed E-state index contributed by atoms with van der Waals surface area (Å²) in [6, 6.07) is 5.99. The topological polar surface area (TPSA) is 66.1 Å². The summed E-state index contributed by atoms with van der Waals surface area (Å²) in [5.41, 5.74) is -0.763. The highest BCUT2D eigenvalue weighted by Crippen LogP contribution is 2.26. The van der Waals surface area contributed by atoms with Gasteiger partial charge in [0, 0.05) is 12.6 Å². The molecule has 118 valence electrons. The molecule has 0 saturated carbocycles. The molecule has 0 aliphatic heterocycles. The monoisotopic (exact) mass is 315 g/mol. The van der Waals surface area contributed by atoms with Crippen molar-refractivity contribution in [2.75, 3.05) is 7.11 Å². The highest BCUT2D eigenvalue weighted by atomic mass is 19.4. The summed E-state index contributed by atoms with van der Waals surface area (Å²) in [6.45, 7) is -0.574. The predicted molar refractivity (Wildman–Crippen MR) is 69.8 cm³/mol.